The highest BCUT2D eigenvalue weighted by Crippen LogP contribution is 2.28. The Hall–Kier alpha value is -1.68. The lowest BCUT2D eigenvalue weighted by Gasteiger charge is -2.03. The molecule has 6 nitrogen and oxygen atoms in total. The second-order valence-corrected chi connectivity index (χ2v) is 4.10. The Kier molecular flexibility index (Phi) is 2.54. The van der Waals surface area contributed by atoms with Crippen LogP contribution in [0.25, 0.3) is 4.96 Å². The van der Waals surface area contributed by atoms with Crippen molar-refractivity contribution in [3.8, 4) is 0 Å². The molecule has 0 spiro atoms. The first kappa shape index (κ1) is 11.8. The van der Waals surface area contributed by atoms with Gasteiger partial charge in [0.25, 0.3) is 5.56 Å². The second-order valence-electron chi connectivity index (χ2n) is 3.17. The van der Waals surface area contributed by atoms with Crippen molar-refractivity contribution in [3.63, 3.8) is 0 Å². The van der Waals surface area contributed by atoms with E-state index >= 15 is 0 Å². The molecular weight excluding hydrogens is 259 g/mol. The number of hydrogen-bond donors (Lipinski definition) is 1. The topological polar surface area (TPSA) is 76.5 Å². The molecule has 2 rings (SSSR count). The number of anilines is 1. The molecule has 0 aliphatic rings. The van der Waals surface area contributed by atoms with E-state index in [9.17, 15) is 18.0 Å². The summed E-state index contributed by atoms with van der Waals surface area (Å²) >= 11 is 0.791. The average molecular weight is 265 g/mol. The Bertz CT molecular complexity index is 616. The van der Waals surface area contributed by atoms with E-state index in [1.807, 2.05) is 0 Å². The van der Waals surface area contributed by atoms with Gasteiger partial charge in [0.15, 0.2) is 5.69 Å². The molecule has 0 unspecified atom stereocenters. The number of alkyl halides is 3. The molecule has 2 aromatic rings. The van der Waals surface area contributed by atoms with E-state index in [4.69, 9.17) is 5.84 Å². The third-order valence-electron chi connectivity index (χ3n) is 1.83. The highest BCUT2D eigenvalue weighted by Gasteiger charge is 2.34. The Labute approximate surface area is 96.1 Å². The SMILES string of the molecule is CN(N)c1nn2c(=O)cc(C(F)(F)F)nc2s1. The van der Waals surface area contributed by atoms with Gasteiger partial charge >= 0.3 is 6.18 Å². The summed E-state index contributed by atoms with van der Waals surface area (Å²) in [6, 6.07) is 0.396. The minimum Gasteiger partial charge on any atom is -0.288 e. The lowest BCUT2D eigenvalue weighted by molar-refractivity contribution is -0.141. The van der Waals surface area contributed by atoms with Crippen molar-refractivity contribution < 1.29 is 13.2 Å². The van der Waals surface area contributed by atoms with Gasteiger partial charge in [0, 0.05) is 13.1 Å². The fraction of sp³-hybridized carbons (Fsp3) is 0.286. The van der Waals surface area contributed by atoms with E-state index in [2.05, 4.69) is 10.1 Å². The lowest BCUT2D eigenvalue weighted by atomic mass is 10.4. The third kappa shape index (κ3) is 2.08. The van der Waals surface area contributed by atoms with Crippen molar-refractivity contribution in [1.29, 1.82) is 0 Å². The zero-order valence-electron chi connectivity index (χ0n) is 8.39. The maximum atomic E-state index is 12.4. The maximum Gasteiger partial charge on any atom is 0.433 e. The molecule has 0 amide bonds. The predicted molar refractivity (Wildman–Crippen MR) is 54.7 cm³/mol. The number of nitrogens with two attached hydrogens (primary N) is 1. The lowest BCUT2D eigenvalue weighted by Crippen LogP contribution is -2.25. The van der Waals surface area contributed by atoms with Crippen molar-refractivity contribution >= 4 is 21.4 Å². The molecular formula is C7H6F3N5OS. The number of rotatable bonds is 1. The van der Waals surface area contributed by atoms with Crippen LogP contribution in [-0.4, -0.2) is 21.6 Å². The van der Waals surface area contributed by atoms with Gasteiger partial charge in [-0.25, -0.2) is 10.8 Å². The van der Waals surface area contributed by atoms with Crippen LogP contribution < -0.4 is 16.4 Å². The number of hydrazine groups is 1. The van der Waals surface area contributed by atoms with Crippen molar-refractivity contribution in [2.75, 3.05) is 12.1 Å². The molecule has 2 heterocycles. The highest BCUT2D eigenvalue weighted by molar-refractivity contribution is 7.20. The average Bonchev–Trinajstić information content (AvgIpc) is 2.60. The summed E-state index contributed by atoms with van der Waals surface area (Å²) < 4.78 is 38.0. The Morgan fingerprint density at radius 2 is 2.18 bits per heavy atom. The molecule has 0 bridgehead atoms. The predicted octanol–water partition coefficient (Wildman–Crippen LogP) is 0.480. The number of fused-ring (bicyclic) bond motifs is 1. The van der Waals surface area contributed by atoms with E-state index in [-0.39, 0.29) is 10.1 Å². The summed E-state index contributed by atoms with van der Waals surface area (Å²) in [6.07, 6.45) is -4.66. The fourth-order valence-corrected chi connectivity index (χ4v) is 1.88. The largest absolute Gasteiger partial charge is 0.433 e. The summed E-state index contributed by atoms with van der Waals surface area (Å²) in [5.74, 6) is 5.37. The van der Waals surface area contributed by atoms with Crippen LogP contribution >= 0.6 is 11.3 Å². The van der Waals surface area contributed by atoms with E-state index in [0.29, 0.717) is 6.07 Å². The van der Waals surface area contributed by atoms with Crippen LogP contribution in [0.1, 0.15) is 5.69 Å². The van der Waals surface area contributed by atoms with Crippen molar-refractivity contribution in [2.45, 2.75) is 6.18 Å². The van der Waals surface area contributed by atoms with Gasteiger partial charge in [-0.3, -0.25) is 9.80 Å². The van der Waals surface area contributed by atoms with Crippen LogP contribution in [0.4, 0.5) is 18.3 Å². The van der Waals surface area contributed by atoms with Gasteiger partial charge in [-0.05, 0) is 0 Å². The van der Waals surface area contributed by atoms with Gasteiger partial charge in [0.1, 0.15) is 0 Å². The summed E-state index contributed by atoms with van der Waals surface area (Å²) in [5.41, 5.74) is -2.14. The second kappa shape index (κ2) is 3.67. The third-order valence-corrected chi connectivity index (χ3v) is 2.83. The van der Waals surface area contributed by atoms with Crippen LogP contribution in [0.5, 0.6) is 0 Å². The van der Waals surface area contributed by atoms with Crippen LogP contribution in [0.15, 0.2) is 10.9 Å². The quantitative estimate of drug-likeness (QED) is 0.599. The molecule has 2 aromatic heterocycles. The van der Waals surface area contributed by atoms with Gasteiger partial charge in [-0.2, -0.15) is 17.7 Å². The number of nitrogens with zero attached hydrogens (tertiary/aromatic N) is 4. The van der Waals surface area contributed by atoms with Crippen LogP contribution in [-0.2, 0) is 6.18 Å². The Balaban J connectivity index is 2.70. The Morgan fingerprint density at radius 3 is 2.71 bits per heavy atom. The smallest absolute Gasteiger partial charge is 0.288 e. The zero-order valence-corrected chi connectivity index (χ0v) is 9.21. The van der Waals surface area contributed by atoms with Crippen LogP contribution in [0.2, 0.25) is 0 Å². The van der Waals surface area contributed by atoms with E-state index in [1.54, 1.807) is 0 Å². The fourth-order valence-electron chi connectivity index (χ4n) is 1.09. The van der Waals surface area contributed by atoms with Crippen molar-refractivity contribution in [2.24, 2.45) is 5.84 Å². The molecule has 2 N–H and O–H groups in total. The number of hydrogen-bond acceptors (Lipinski definition) is 6. The summed E-state index contributed by atoms with van der Waals surface area (Å²) in [7, 11) is 1.45. The normalized spacial score (nSPS) is 12.1. The van der Waals surface area contributed by atoms with E-state index < -0.39 is 17.4 Å². The molecule has 17 heavy (non-hydrogen) atoms. The van der Waals surface area contributed by atoms with Gasteiger partial charge in [0.2, 0.25) is 10.1 Å². The van der Waals surface area contributed by atoms with Gasteiger partial charge in [0.05, 0.1) is 0 Å². The molecule has 0 aliphatic carbocycles. The summed E-state index contributed by atoms with van der Waals surface area (Å²) in [4.78, 5) is 14.6. The maximum absolute atomic E-state index is 12.4. The molecule has 0 aromatic carbocycles. The van der Waals surface area contributed by atoms with E-state index in [0.717, 1.165) is 20.9 Å². The van der Waals surface area contributed by atoms with Crippen molar-refractivity contribution in [1.82, 2.24) is 14.6 Å². The van der Waals surface area contributed by atoms with E-state index in [1.165, 1.54) is 7.05 Å². The number of halogens is 3. The molecule has 0 fully saturated rings. The molecule has 92 valence electrons. The molecule has 0 saturated carbocycles. The minimum absolute atomic E-state index is 0.155. The zero-order chi connectivity index (χ0) is 12.8. The first-order valence-electron chi connectivity index (χ1n) is 4.25. The Morgan fingerprint density at radius 1 is 1.53 bits per heavy atom. The standard InChI is InChI=1S/C7H6F3N5OS/c1-14(11)6-13-15-4(16)2-3(7(8,9)10)12-5(15)17-6/h2H,11H2,1H3. The number of aromatic nitrogens is 3. The molecule has 0 radical (unpaired) electrons. The highest BCUT2D eigenvalue weighted by atomic mass is 32.1. The molecule has 0 atom stereocenters. The minimum atomic E-state index is -4.66. The van der Waals surface area contributed by atoms with Gasteiger partial charge in [-0.1, -0.05) is 11.3 Å². The van der Waals surface area contributed by atoms with Gasteiger partial charge in [-0.15, -0.1) is 5.10 Å². The van der Waals surface area contributed by atoms with Gasteiger partial charge < -0.3 is 0 Å². The molecule has 0 saturated heterocycles. The first-order chi connectivity index (χ1) is 7.79. The monoisotopic (exact) mass is 265 g/mol. The summed E-state index contributed by atoms with van der Waals surface area (Å²) in [6.45, 7) is 0. The van der Waals surface area contributed by atoms with Crippen molar-refractivity contribution in [3.05, 3.63) is 22.1 Å². The first-order valence-corrected chi connectivity index (χ1v) is 5.07. The molecule has 10 heteroatoms. The van der Waals surface area contributed by atoms with Crippen LogP contribution in [0, 0.1) is 0 Å². The molecule has 0 aliphatic heterocycles. The summed E-state index contributed by atoms with van der Waals surface area (Å²) in [5, 5.41) is 5.01. The van der Waals surface area contributed by atoms with Crippen LogP contribution in [0.3, 0.4) is 0 Å².